The average molecular weight is 211 g/mol. The number of rotatable bonds is 3. The van der Waals surface area contributed by atoms with E-state index >= 15 is 0 Å². The Morgan fingerprint density at radius 1 is 1.46 bits per heavy atom. The summed E-state index contributed by atoms with van der Waals surface area (Å²) >= 11 is 5.69. The predicted octanol–water partition coefficient (Wildman–Crippen LogP) is 1.15. The van der Waals surface area contributed by atoms with Crippen molar-refractivity contribution < 1.29 is 14.6 Å². The summed E-state index contributed by atoms with van der Waals surface area (Å²) in [5.41, 5.74) is 0. The van der Waals surface area contributed by atoms with Gasteiger partial charge in [-0.2, -0.15) is 0 Å². The molecule has 5 heteroatoms. The van der Waals surface area contributed by atoms with Gasteiger partial charge >= 0.3 is 35.5 Å². The second-order valence-electron chi connectivity index (χ2n) is 2.11. The van der Waals surface area contributed by atoms with E-state index < -0.39 is 5.97 Å². The Morgan fingerprint density at radius 2 is 2.08 bits per heavy atom. The molecule has 0 heterocycles. The third kappa shape index (κ3) is 4.52. The maximum atomic E-state index is 10.1. The summed E-state index contributed by atoms with van der Waals surface area (Å²) in [4.78, 5) is 10.1. The van der Waals surface area contributed by atoms with Crippen molar-refractivity contribution in [3.8, 4) is 5.75 Å². The molecule has 0 unspecified atom stereocenters. The van der Waals surface area contributed by atoms with E-state index in [1.807, 2.05) is 0 Å². The number of halogens is 1. The van der Waals surface area contributed by atoms with Crippen molar-refractivity contribution >= 4 is 47.1 Å². The van der Waals surface area contributed by atoms with Crippen molar-refractivity contribution in [2.75, 3.05) is 6.61 Å². The fourth-order valence-corrected chi connectivity index (χ4v) is 0.892. The first-order valence-corrected chi connectivity index (χ1v) is 3.67. The van der Waals surface area contributed by atoms with E-state index in [0.717, 1.165) is 0 Å². The van der Waals surface area contributed by atoms with Gasteiger partial charge in [-0.15, -0.1) is 0 Å². The summed E-state index contributed by atoms with van der Waals surface area (Å²) in [6.45, 7) is -0.371. The molecule has 0 bridgehead atoms. The molecule has 0 aliphatic rings. The van der Waals surface area contributed by atoms with E-state index in [4.69, 9.17) is 21.4 Å². The first kappa shape index (κ1) is 12.8. The second-order valence-corrected chi connectivity index (χ2v) is 2.52. The minimum atomic E-state index is -1.02. The van der Waals surface area contributed by atoms with Gasteiger partial charge in [-0.05, 0) is 12.1 Å². The molecule has 0 radical (unpaired) electrons. The Morgan fingerprint density at radius 3 is 2.62 bits per heavy atom. The molecule has 0 spiro atoms. The molecule has 1 aromatic carbocycles. The van der Waals surface area contributed by atoms with Crippen LogP contribution in [-0.2, 0) is 4.79 Å². The number of benzene rings is 1. The van der Waals surface area contributed by atoms with Crippen LogP contribution in [0, 0.1) is 0 Å². The third-order valence-corrected chi connectivity index (χ3v) is 1.50. The van der Waals surface area contributed by atoms with Gasteiger partial charge in [0.1, 0.15) is 5.75 Å². The summed E-state index contributed by atoms with van der Waals surface area (Å²) in [5, 5.41) is 8.71. The zero-order chi connectivity index (χ0) is 8.97. The Kier molecular flexibility index (Phi) is 6.16. The van der Waals surface area contributed by atoms with Gasteiger partial charge in [-0.1, -0.05) is 23.7 Å². The standard InChI is InChI=1S/C8H7ClO3.Na.H/c9-6-3-1-2-4-7(6)12-5-8(10)11;;/h1-4H,5H2,(H,10,11);;. The average Bonchev–Trinajstić information content (AvgIpc) is 2.03. The molecule has 1 rings (SSSR count). The fourth-order valence-electron chi connectivity index (χ4n) is 0.701. The number of para-hydroxylation sites is 1. The van der Waals surface area contributed by atoms with Crippen LogP contribution in [0.4, 0.5) is 0 Å². The third-order valence-electron chi connectivity index (χ3n) is 1.19. The van der Waals surface area contributed by atoms with Gasteiger partial charge in [0.05, 0.1) is 5.02 Å². The Balaban J connectivity index is 0.00000144. The van der Waals surface area contributed by atoms with Crippen LogP contribution in [0.2, 0.25) is 5.02 Å². The van der Waals surface area contributed by atoms with Crippen molar-refractivity contribution in [3.05, 3.63) is 29.3 Å². The fraction of sp³-hybridized carbons (Fsp3) is 0.125. The molecule has 0 aliphatic heterocycles. The van der Waals surface area contributed by atoms with Crippen LogP contribution in [0.15, 0.2) is 24.3 Å². The van der Waals surface area contributed by atoms with Gasteiger partial charge in [0.15, 0.2) is 6.61 Å². The van der Waals surface area contributed by atoms with Crippen LogP contribution in [0.3, 0.4) is 0 Å². The molecule has 0 aromatic heterocycles. The number of hydrogen-bond acceptors (Lipinski definition) is 2. The predicted molar refractivity (Wildman–Crippen MR) is 51.7 cm³/mol. The molecule has 0 atom stereocenters. The van der Waals surface area contributed by atoms with Crippen molar-refractivity contribution in [3.63, 3.8) is 0 Å². The number of carbonyl (C=O) groups is 1. The zero-order valence-corrected chi connectivity index (χ0v) is 6.91. The van der Waals surface area contributed by atoms with Gasteiger partial charge in [0, 0.05) is 0 Å². The Bertz CT molecular complexity index is 290. The van der Waals surface area contributed by atoms with Crippen molar-refractivity contribution in [1.82, 2.24) is 0 Å². The summed E-state index contributed by atoms with van der Waals surface area (Å²) in [7, 11) is 0. The topological polar surface area (TPSA) is 46.5 Å². The molecular formula is C8H8ClNaO3. The molecule has 1 aromatic rings. The van der Waals surface area contributed by atoms with Crippen LogP contribution < -0.4 is 4.74 Å². The van der Waals surface area contributed by atoms with Crippen LogP contribution in [0.5, 0.6) is 5.75 Å². The van der Waals surface area contributed by atoms with Crippen molar-refractivity contribution in [1.29, 1.82) is 0 Å². The minimum absolute atomic E-state index is 0. The molecule has 0 saturated heterocycles. The number of carboxylic acid groups (broad SMARTS) is 1. The van der Waals surface area contributed by atoms with Crippen LogP contribution in [0.1, 0.15) is 0 Å². The molecule has 13 heavy (non-hydrogen) atoms. The Labute approximate surface area is 103 Å². The maximum absolute atomic E-state index is 10.1. The van der Waals surface area contributed by atoms with Gasteiger partial charge < -0.3 is 9.84 Å². The van der Waals surface area contributed by atoms with E-state index in [1.165, 1.54) is 0 Å². The summed E-state index contributed by atoms with van der Waals surface area (Å²) < 4.78 is 4.87. The molecule has 0 fully saturated rings. The van der Waals surface area contributed by atoms with Crippen molar-refractivity contribution in [2.45, 2.75) is 0 Å². The summed E-state index contributed by atoms with van der Waals surface area (Å²) in [6, 6.07) is 6.73. The summed E-state index contributed by atoms with van der Waals surface area (Å²) in [6.07, 6.45) is 0. The molecule has 3 nitrogen and oxygen atoms in total. The van der Waals surface area contributed by atoms with Gasteiger partial charge in [0.25, 0.3) is 0 Å². The van der Waals surface area contributed by atoms with Gasteiger partial charge in [0.2, 0.25) is 0 Å². The zero-order valence-electron chi connectivity index (χ0n) is 6.16. The normalized spacial score (nSPS) is 8.69. The van der Waals surface area contributed by atoms with Crippen LogP contribution in [0.25, 0.3) is 0 Å². The molecule has 0 amide bonds. The van der Waals surface area contributed by atoms with Gasteiger partial charge in [-0.3, -0.25) is 0 Å². The van der Waals surface area contributed by atoms with Crippen molar-refractivity contribution in [2.24, 2.45) is 0 Å². The summed E-state index contributed by atoms with van der Waals surface area (Å²) in [5.74, 6) is -0.628. The molecule has 0 aliphatic carbocycles. The molecular weight excluding hydrogens is 203 g/mol. The van der Waals surface area contributed by atoms with Crippen LogP contribution in [-0.4, -0.2) is 47.2 Å². The Hall–Kier alpha value is -0.220. The van der Waals surface area contributed by atoms with E-state index in [-0.39, 0.29) is 36.2 Å². The van der Waals surface area contributed by atoms with E-state index in [0.29, 0.717) is 10.8 Å². The SMILES string of the molecule is O=C(O)COc1ccccc1Cl.[NaH]. The van der Waals surface area contributed by atoms with E-state index in [1.54, 1.807) is 24.3 Å². The number of aliphatic carboxylic acids is 1. The quantitative estimate of drug-likeness (QED) is 0.762. The molecule has 1 N–H and O–H groups in total. The van der Waals surface area contributed by atoms with E-state index in [9.17, 15) is 4.79 Å². The number of ether oxygens (including phenoxy) is 1. The molecule has 0 saturated carbocycles. The second kappa shape index (κ2) is 6.27. The van der Waals surface area contributed by atoms with E-state index in [2.05, 4.69) is 0 Å². The van der Waals surface area contributed by atoms with Crippen LogP contribution >= 0.6 is 11.6 Å². The molecule has 66 valence electrons. The van der Waals surface area contributed by atoms with Gasteiger partial charge in [-0.25, -0.2) is 4.79 Å². The number of carboxylic acids is 1. The first-order chi connectivity index (χ1) is 5.70. The first-order valence-electron chi connectivity index (χ1n) is 3.29. The monoisotopic (exact) mass is 210 g/mol. The number of hydrogen-bond donors (Lipinski definition) is 1.